The molecule has 0 fully saturated rings. The topological polar surface area (TPSA) is 36.4 Å². The number of hydrogen-bond acceptors (Lipinski definition) is 3. The molecule has 1 rings (SSSR count). The smallest absolute Gasteiger partial charge is 0.0981 e. The summed E-state index contributed by atoms with van der Waals surface area (Å²) in [7, 11) is 1.91. The minimum Gasteiger partial charge on any atom is -0.299 e. The molecule has 1 aliphatic heterocycles. The Morgan fingerprint density at radius 3 is 3.14 bits per heavy atom. The van der Waals surface area contributed by atoms with Gasteiger partial charge in [0.15, 0.2) is 0 Å². The van der Waals surface area contributed by atoms with E-state index in [2.05, 4.69) is 15.8 Å². The number of nitrogens with zero attached hydrogens (tertiary/aromatic N) is 1. The van der Waals surface area contributed by atoms with Crippen LogP contribution in [0.1, 0.15) is 6.42 Å². The van der Waals surface area contributed by atoms with E-state index in [1.54, 1.807) is 0 Å². The molecule has 2 N–H and O–H groups in total. The van der Waals surface area contributed by atoms with Crippen molar-refractivity contribution in [1.29, 1.82) is 0 Å². The molecule has 0 aromatic heterocycles. The molecule has 3 heteroatoms. The number of nitrogens with one attached hydrogen (secondary N) is 2. The van der Waals surface area contributed by atoms with E-state index in [4.69, 9.17) is 0 Å². The van der Waals surface area contributed by atoms with Crippen LogP contribution in [-0.4, -0.2) is 19.4 Å². The molecule has 0 saturated carbocycles. The highest BCUT2D eigenvalue weighted by Crippen LogP contribution is 1.88. The van der Waals surface area contributed by atoms with Gasteiger partial charge in [-0.2, -0.15) is 5.10 Å². The second-order valence-corrected chi connectivity index (χ2v) is 1.52. The van der Waals surface area contributed by atoms with Crippen molar-refractivity contribution in [3.05, 3.63) is 0 Å². The lowest BCUT2D eigenvalue weighted by atomic mass is 10.4. The molecular weight excluding hydrogens is 90.1 g/mol. The van der Waals surface area contributed by atoms with Crippen molar-refractivity contribution < 1.29 is 0 Å². The van der Waals surface area contributed by atoms with Gasteiger partial charge in [0, 0.05) is 12.6 Å². The molecule has 0 aliphatic carbocycles. The van der Waals surface area contributed by atoms with Gasteiger partial charge in [-0.15, -0.1) is 0 Å². The second kappa shape index (κ2) is 1.93. The Balaban J connectivity index is 2.22. The summed E-state index contributed by atoms with van der Waals surface area (Å²) in [6.07, 6.45) is 3.23. The van der Waals surface area contributed by atoms with Crippen LogP contribution in [0, 0.1) is 0 Å². The van der Waals surface area contributed by atoms with Crippen LogP contribution in [0.5, 0.6) is 0 Å². The van der Waals surface area contributed by atoms with Gasteiger partial charge in [0.2, 0.25) is 0 Å². The Morgan fingerprint density at radius 1 is 2.00 bits per heavy atom. The molecule has 3 nitrogen and oxygen atoms in total. The zero-order valence-corrected chi connectivity index (χ0v) is 4.31. The maximum Gasteiger partial charge on any atom is 0.0981 e. The van der Waals surface area contributed by atoms with Crippen molar-refractivity contribution in [2.75, 3.05) is 7.05 Å². The van der Waals surface area contributed by atoms with E-state index in [0.29, 0.717) is 6.17 Å². The zero-order chi connectivity index (χ0) is 5.11. The van der Waals surface area contributed by atoms with E-state index in [9.17, 15) is 0 Å². The Morgan fingerprint density at radius 2 is 2.86 bits per heavy atom. The maximum absolute atomic E-state index is 3.80. The molecule has 0 aromatic carbocycles. The molecule has 0 radical (unpaired) electrons. The van der Waals surface area contributed by atoms with E-state index in [-0.39, 0.29) is 0 Å². The van der Waals surface area contributed by atoms with E-state index in [1.807, 2.05) is 13.3 Å². The van der Waals surface area contributed by atoms with Crippen molar-refractivity contribution in [2.45, 2.75) is 12.6 Å². The highest BCUT2D eigenvalue weighted by atomic mass is 15.4. The summed E-state index contributed by atoms with van der Waals surface area (Å²) in [6, 6.07) is 0. The van der Waals surface area contributed by atoms with Crippen LogP contribution in [0.3, 0.4) is 0 Å². The van der Waals surface area contributed by atoms with Crippen LogP contribution >= 0.6 is 0 Å². The number of hydrogen-bond donors (Lipinski definition) is 2. The van der Waals surface area contributed by atoms with Gasteiger partial charge in [-0.05, 0) is 7.05 Å². The molecule has 1 unspecified atom stereocenters. The Hall–Kier alpha value is -0.570. The Kier molecular flexibility index (Phi) is 1.26. The van der Waals surface area contributed by atoms with Crippen LogP contribution in [0.25, 0.3) is 0 Å². The van der Waals surface area contributed by atoms with Crippen LogP contribution in [0.15, 0.2) is 5.10 Å². The Bertz CT molecular complexity index is 71.0. The van der Waals surface area contributed by atoms with Gasteiger partial charge in [0.1, 0.15) is 0 Å². The molecule has 1 heterocycles. The highest BCUT2D eigenvalue weighted by molar-refractivity contribution is 5.59. The summed E-state index contributed by atoms with van der Waals surface area (Å²) in [4.78, 5) is 0. The first-order chi connectivity index (χ1) is 3.43. The third kappa shape index (κ3) is 0.899. The normalized spacial score (nSPS) is 27.9. The summed E-state index contributed by atoms with van der Waals surface area (Å²) in [6.45, 7) is 0. The molecule has 0 spiro atoms. The fraction of sp³-hybridized carbons (Fsp3) is 0.750. The first-order valence-electron chi connectivity index (χ1n) is 2.38. The fourth-order valence-electron chi connectivity index (χ4n) is 0.536. The number of hydrazone groups is 1. The lowest BCUT2D eigenvalue weighted by Gasteiger charge is -2.04. The Labute approximate surface area is 42.8 Å². The van der Waals surface area contributed by atoms with Gasteiger partial charge in [-0.3, -0.25) is 10.7 Å². The molecule has 0 saturated heterocycles. The van der Waals surface area contributed by atoms with Crippen LogP contribution < -0.4 is 10.7 Å². The molecule has 1 aliphatic rings. The van der Waals surface area contributed by atoms with Crippen molar-refractivity contribution in [3.8, 4) is 0 Å². The number of rotatable bonds is 1. The predicted molar refractivity (Wildman–Crippen MR) is 29.1 cm³/mol. The van der Waals surface area contributed by atoms with Crippen molar-refractivity contribution in [1.82, 2.24) is 10.7 Å². The maximum atomic E-state index is 3.80. The molecule has 0 bridgehead atoms. The van der Waals surface area contributed by atoms with Crippen molar-refractivity contribution >= 4 is 6.21 Å². The van der Waals surface area contributed by atoms with E-state index in [0.717, 1.165) is 6.42 Å². The van der Waals surface area contributed by atoms with Gasteiger partial charge in [-0.25, -0.2) is 0 Å². The predicted octanol–water partition coefficient (Wildman–Crippen LogP) is -0.489. The van der Waals surface area contributed by atoms with Gasteiger partial charge in [-0.1, -0.05) is 0 Å². The average Bonchev–Trinajstić information content (AvgIpc) is 2.14. The third-order valence-electron chi connectivity index (χ3n) is 1.01. The van der Waals surface area contributed by atoms with Crippen molar-refractivity contribution in [3.63, 3.8) is 0 Å². The van der Waals surface area contributed by atoms with Gasteiger partial charge >= 0.3 is 0 Å². The zero-order valence-electron chi connectivity index (χ0n) is 4.31. The van der Waals surface area contributed by atoms with E-state index in [1.165, 1.54) is 0 Å². The van der Waals surface area contributed by atoms with Crippen LogP contribution in [0.4, 0.5) is 0 Å². The average molecular weight is 99.1 g/mol. The third-order valence-corrected chi connectivity index (χ3v) is 1.01. The summed E-state index contributed by atoms with van der Waals surface area (Å²) >= 11 is 0. The quantitative estimate of drug-likeness (QED) is 0.465. The lowest BCUT2D eigenvalue weighted by Crippen LogP contribution is -2.33. The van der Waals surface area contributed by atoms with Gasteiger partial charge < -0.3 is 0 Å². The van der Waals surface area contributed by atoms with Gasteiger partial charge in [0.25, 0.3) is 0 Å². The molecule has 0 aromatic rings. The summed E-state index contributed by atoms with van der Waals surface area (Å²) < 4.78 is 0. The minimum atomic E-state index is 0.375. The van der Waals surface area contributed by atoms with Crippen LogP contribution in [-0.2, 0) is 0 Å². The minimum absolute atomic E-state index is 0.375. The summed E-state index contributed by atoms with van der Waals surface area (Å²) in [5.41, 5.74) is 2.86. The SMILES string of the molecule is CNC1CC=NN1. The molecule has 7 heavy (non-hydrogen) atoms. The monoisotopic (exact) mass is 99.1 g/mol. The molecule has 40 valence electrons. The largest absolute Gasteiger partial charge is 0.299 e. The standard InChI is InChI=1S/C4H9N3/c1-5-4-2-3-6-7-4/h3-5,7H,2H2,1H3. The molecule has 0 amide bonds. The second-order valence-electron chi connectivity index (χ2n) is 1.52. The van der Waals surface area contributed by atoms with Gasteiger partial charge in [0.05, 0.1) is 6.17 Å². The molecule has 1 atom stereocenters. The summed E-state index contributed by atoms with van der Waals surface area (Å²) in [5, 5.41) is 6.83. The van der Waals surface area contributed by atoms with Crippen LogP contribution in [0.2, 0.25) is 0 Å². The fourth-order valence-corrected chi connectivity index (χ4v) is 0.536. The lowest BCUT2D eigenvalue weighted by molar-refractivity contribution is 0.515. The van der Waals surface area contributed by atoms with Crippen molar-refractivity contribution in [2.24, 2.45) is 5.10 Å². The van der Waals surface area contributed by atoms with E-state index < -0.39 is 0 Å². The molecular formula is C4H9N3. The highest BCUT2D eigenvalue weighted by Gasteiger charge is 2.04. The van der Waals surface area contributed by atoms with E-state index >= 15 is 0 Å². The first-order valence-corrected chi connectivity index (χ1v) is 2.38. The first kappa shape index (κ1) is 4.59. The summed E-state index contributed by atoms with van der Waals surface area (Å²) in [5.74, 6) is 0.